The molecule has 4 nitrogen and oxygen atoms in total. The fourth-order valence-corrected chi connectivity index (χ4v) is 3.72. The molecule has 27 heavy (non-hydrogen) atoms. The smallest absolute Gasteiger partial charge is 0.407 e. The molecule has 2 aromatic carbocycles. The van der Waals surface area contributed by atoms with Gasteiger partial charge < -0.3 is 10.1 Å². The van der Waals surface area contributed by atoms with Crippen LogP contribution in [0.15, 0.2) is 48.5 Å². The van der Waals surface area contributed by atoms with Gasteiger partial charge in [0.2, 0.25) is 0 Å². The van der Waals surface area contributed by atoms with Gasteiger partial charge in [-0.15, -0.1) is 0 Å². The van der Waals surface area contributed by atoms with E-state index >= 15 is 0 Å². The first-order chi connectivity index (χ1) is 12.9. The summed E-state index contributed by atoms with van der Waals surface area (Å²) in [6.45, 7) is 5.59. The number of carbonyl (C=O) groups is 1. The van der Waals surface area contributed by atoms with E-state index in [4.69, 9.17) is 4.74 Å². The van der Waals surface area contributed by atoms with Gasteiger partial charge in [0.25, 0.3) is 0 Å². The van der Waals surface area contributed by atoms with Gasteiger partial charge in [-0.2, -0.15) is 5.26 Å². The summed E-state index contributed by atoms with van der Waals surface area (Å²) in [6, 6.07) is 18.4. The molecule has 1 aliphatic carbocycles. The molecule has 0 bridgehead atoms. The van der Waals surface area contributed by atoms with Crippen LogP contribution in [0.3, 0.4) is 0 Å². The highest BCUT2D eigenvalue weighted by molar-refractivity contribution is 5.68. The van der Waals surface area contributed by atoms with E-state index in [-0.39, 0.29) is 18.1 Å². The van der Waals surface area contributed by atoms with E-state index in [0.29, 0.717) is 5.56 Å². The van der Waals surface area contributed by atoms with E-state index in [1.165, 1.54) is 11.1 Å². The van der Waals surface area contributed by atoms with Crippen LogP contribution in [-0.4, -0.2) is 17.7 Å². The number of nitrogens with one attached hydrogen (secondary N) is 1. The van der Waals surface area contributed by atoms with Gasteiger partial charge in [-0.05, 0) is 68.9 Å². The van der Waals surface area contributed by atoms with E-state index in [1.807, 2.05) is 51.1 Å². The van der Waals surface area contributed by atoms with E-state index < -0.39 is 5.60 Å². The number of nitrogens with zero attached hydrogens (tertiary/aromatic N) is 1. The van der Waals surface area contributed by atoms with E-state index in [9.17, 15) is 10.1 Å². The van der Waals surface area contributed by atoms with Gasteiger partial charge in [-0.25, -0.2) is 4.79 Å². The first kappa shape index (κ1) is 19.0. The number of rotatable bonds is 3. The molecule has 3 rings (SSSR count). The molecule has 0 saturated carbocycles. The van der Waals surface area contributed by atoms with Crippen molar-refractivity contribution in [2.75, 3.05) is 0 Å². The lowest BCUT2D eigenvalue weighted by Gasteiger charge is -2.35. The van der Waals surface area contributed by atoms with Gasteiger partial charge in [-0.3, -0.25) is 0 Å². The molecule has 1 amide bonds. The Kier molecular flexibility index (Phi) is 5.51. The zero-order valence-electron chi connectivity index (χ0n) is 16.2. The Morgan fingerprint density at radius 3 is 2.63 bits per heavy atom. The maximum atomic E-state index is 12.4. The van der Waals surface area contributed by atoms with E-state index in [0.717, 1.165) is 24.8 Å². The molecular weight excluding hydrogens is 336 g/mol. The monoisotopic (exact) mass is 362 g/mol. The molecule has 0 heterocycles. The van der Waals surface area contributed by atoms with Gasteiger partial charge >= 0.3 is 6.09 Å². The van der Waals surface area contributed by atoms with Crippen molar-refractivity contribution in [2.24, 2.45) is 0 Å². The lowest BCUT2D eigenvalue weighted by molar-refractivity contribution is 0.0491. The minimum Gasteiger partial charge on any atom is -0.444 e. The molecule has 140 valence electrons. The van der Waals surface area contributed by atoms with Crippen molar-refractivity contribution in [3.63, 3.8) is 0 Å². The van der Waals surface area contributed by atoms with Crippen LogP contribution in [0.2, 0.25) is 0 Å². The molecule has 4 heteroatoms. The standard InChI is InChI=1S/C23H26N2O2/c1-23(2,3)27-22(26)25-21-12-11-18-10-9-17(15-24)14-19(18)20(21)13-16-7-5-4-6-8-16/h4-10,14,20-21H,11-13H2,1-3H3,(H,25,26). The Bertz CT molecular complexity index is 847. The van der Waals surface area contributed by atoms with Crippen LogP contribution in [0.4, 0.5) is 4.79 Å². The summed E-state index contributed by atoms with van der Waals surface area (Å²) in [5, 5.41) is 12.4. The lowest BCUT2D eigenvalue weighted by atomic mass is 9.75. The van der Waals surface area contributed by atoms with Crippen molar-refractivity contribution < 1.29 is 9.53 Å². The van der Waals surface area contributed by atoms with Crippen molar-refractivity contribution in [1.29, 1.82) is 5.26 Å². The number of hydrogen-bond donors (Lipinski definition) is 1. The van der Waals surface area contributed by atoms with Gasteiger partial charge in [0.05, 0.1) is 11.6 Å². The normalized spacial score (nSPS) is 18.9. The predicted molar refractivity (Wildman–Crippen MR) is 106 cm³/mol. The van der Waals surface area contributed by atoms with Crippen LogP contribution in [0.1, 0.15) is 55.4 Å². The van der Waals surface area contributed by atoms with Gasteiger partial charge in [0, 0.05) is 12.0 Å². The zero-order valence-corrected chi connectivity index (χ0v) is 16.2. The molecule has 0 spiro atoms. The zero-order chi connectivity index (χ0) is 19.4. The third kappa shape index (κ3) is 4.89. The number of alkyl carbamates (subject to hydrolysis) is 1. The molecule has 0 saturated heterocycles. The molecule has 2 aromatic rings. The quantitative estimate of drug-likeness (QED) is 0.859. The maximum Gasteiger partial charge on any atom is 0.407 e. The Morgan fingerprint density at radius 1 is 1.22 bits per heavy atom. The van der Waals surface area contributed by atoms with Gasteiger partial charge in [0.1, 0.15) is 5.60 Å². The first-order valence-electron chi connectivity index (χ1n) is 9.42. The van der Waals surface area contributed by atoms with Crippen LogP contribution in [-0.2, 0) is 17.6 Å². The van der Waals surface area contributed by atoms with E-state index in [1.54, 1.807) is 0 Å². The maximum absolute atomic E-state index is 12.4. The molecule has 0 radical (unpaired) electrons. The lowest BCUT2D eigenvalue weighted by Crippen LogP contribution is -2.44. The Hall–Kier alpha value is -2.80. The second kappa shape index (κ2) is 7.84. The fraction of sp³-hybridized carbons (Fsp3) is 0.391. The third-order valence-electron chi connectivity index (χ3n) is 4.89. The van der Waals surface area contributed by atoms with Gasteiger partial charge in [0.15, 0.2) is 0 Å². The number of fused-ring (bicyclic) bond motifs is 1. The van der Waals surface area contributed by atoms with Crippen molar-refractivity contribution in [3.8, 4) is 6.07 Å². The SMILES string of the molecule is CC(C)(C)OC(=O)NC1CCc2ccc(C#N)cc2C1Cc1ccccc1. The summed E-state index contributed by atoms with van der Waals surface area (Å²) < 4.78 is 5.47. The molecule has 1 aliphatic rings. The van der Waals surface area contributed by atoms with Crippen LogP contribution in [0.5, 0.6) is 0 Å². The molecular formula is C23H26N2O2. The van der Waals surface area contributed by atoms with Crippen molar-refractivity contribution in [3.05, 3.63) is 70.8 Å². The number of nitriles is 1. The van der Waals surface area contributed by atoms with Crippen LogP contribution in [0, 0.1) is 11.3 Å². The number of hydrogen-bond acceptors (Lipinski definition) is 3. The second-order valence-corrected chi connectivity index (χ2v) is 8.11. The molecule has 2 atom stereocenters. The van der Waals surface area contributed by atoms with Crippen molar-refractivity contribution in [2.45, 2.75) is 57.6 Å². The highest BCUT2D eigenvalue weighted by atomic mass is 16.6. The molecule has 2 unspecified atom stereocenters. The average molecular weight is 362 g/mol. The fourth-order valence-electron chi connectivity index (χ4n) is 3.72. The Morgan fingerprint density at radius 2 is 1.96 bits per heavy atom. The molecule has 0 fully saturated rings. The Balaban J connectivity index is 1.90. The summed E-state index contributed by atoms with van der Waals surface area (Å²) in [7, 11) is 0. The number of amides is 1. The number of carbonyl (C=O) groups excluding carboxylic acids is 1. The third-order valence-corrected chi connectivity index (χ3v) is 4.89. The Labute approximate surface area is 161 Å². The van der Waals surface area contributed by atoms with Crippen LogP contribution in [0.25, 0.3) is 0 Å². The second-order valence-electron chi connectivity index (χ2n) is 8.11. The number of aryl methyl sites for hydroxylation is 1. The topological polar surface area (TPSA) is 62.1 Å². The van der Waals surface area contributed by atoms with Crippen molar-refractivity contribution in [1.82, 2.24) is 5.32 Å². The average Bonchev–Trinajstić information content (AvgIpc) is 2.62. The summed E-state index contributed by atoms with van der Waals surface area (Å²) in [4.78, 5) is 12.4. The summed E-state index contributed by atoms with van der Waals surface area (Å²) >= 11 is 0. The number of benzene rings is 2. The number of ether oxygens (including phenoxy) is 1. The minimum absolute atomic E-state index is 0.0264. The molecule has 0 aromatic heterocycles. The first-order valence-corrected chi connectivity index (χ1v) is 9.42. The van der Waals surface area contributed by atoms with Crippen LogP contribution < -0.4 is 5.32 Å². The summed E-state index contributed by atoms with van der Waals surface area (Å²) in [5.74, 6) is 0.108. The van der Waals surface area contributed by atoms with Gasteiger partial charge in [-0.1, -0.05) is 36.4 Å². The largest absolute Gasteiger partial charge is 0.444 e. The predicted octanol–water partition coefficient (Wildman–Crippen LogP) is 4.72. The minimum atomic E-state index is -0.528. The summed E-state index contributed by atoms with van der Waals surface area (Å²) in [6.07, 6.45) is 2.16. The highest BCUT2D eigenvalue weighted by Crippen LogP contribution is 2.35. The molecule has 0 aliphatic heterocycles. The van der Waals surface area contributed by atoms with Crippen molar-refractivity contribution >= 4 is 6.09 Å². The van der Waals surface area contributed by atoms with Crippen LogP contribution >= 0.6 is 0 Å². The van der Waals surface area contributed by atoms with E-state index in [2.05, 4.69) is 29.6 Å². The molecule has 1 N–H and O–H groups in total. The summed E-state index contributed by atoms with van der Waals surface area (Å²) in [5.41, 5.74) is 3.76. The highest BCUT2D eigenvalue weighted by Gasteiger charge is 2.32.